The Kier molecular flexibility index (Phi) is 4.29. The highest BCUT2D eigenvalue weighted by Gasteiger charge is 2.09. The number of aromatic nitrogens is 2. The summed E-state index contributed by atoms with van der Waals surface area (Å²) in [5.41, 5.74) is 3.08. The molecule has 2 N–H and O–H groups in total. The van der Waals surface area contributed by atoms with Crippen molar-refractivity contribution >= 4 is 23.2 Å². The summed E-state index contributed by atoms with van der Waals surface area (Å²) in [6, 6.07) is 18.7. The first kappa shape index (κ1) is 14.7. The summed E-state index contributed by atoms with van der Waals surface area (Å²) in [6.45, 7) is 2.02. The van der Waals surface area contributed by atoms with Crippen LogP contribution in [0.5, 0.6) is 0 Å². The first-order valence-electron chi connectivity index (χ1n) is 7.24. The molecule has 2 aromatic carbocycles. The van der Waals surface area contributed by atoms with E-state index in [0.717, 1.165) is 11.4 Å². The maximum absolute atomic E-state index is 12.2. The van der Waals surface area contributed by atoms with Crippen molar-refractivity contribution in [1.82, 2.24) is 9.97 Å². The van der Waals surface area contributed by atoms with Crippen LogP contribution < -0.4 is 10.6 Å². The van der Waals surface area contributed by atoms with Gasteiger partial charge in [-0.05, 0) is 37.3 Å². The SMILES string of the molecule is Cc1ccc(Nc2nccc(C(=O)Nc3ccccc3)n2)cc1. The quantitative estimate of drug-likeness (QED) is 0.769. The van der Waals surface area contributed by atoms with Crippen molar-refractivity contribution in [2.45, 2.75) is 6.92 Å². The van der Waals surface area contributed by atoms with Crippen molar-refractivity contribution in [3.63, 3.8) is 0 Å². The predicted molar refractivity (Wildman–Crippen MR) is 90.9 cm³/mol. The molecule has 0 atom stereocenters. The molecule has 5 nitrogen and oxygen atoms in total. The highest BCUT2D eigenvalue weighted by molar-refractivity contribution is 6.02. The molecule has 0 radical (unpaired) electrons. The number of rotatable bonds is 4. The zero-order valence-electron chi connectivity index (χ0n) is 12.7. The number of hydrogen-bond donors (Lipinski definition) is 2. The Morgan fingerprint density at radius 3 is 2.39 bits per heavy atom. The lowest BCUT2D eigenvalue weighted by Crippen LogP contribution is -2.14. The van der Waals surface area contributed by atoms with Gasteiger partial charge in [-0.15, -0.1) is 0 Å². The lowest BCUT2D eigenvalue weighted by molar-refractivity contribution is 0.102. The second-order valence-electron chi connectivity index (χ2n) is 5.08. The molecule has 0 saturated heterocycles. The minimum absolute atomic E-state index is 0.273. The van der Waals surface area contributed by atoms with Gasteiger partial charge in [0, 0.05) is 17.6 Å². The standard InChI is InChI=1S/C18H16N4O/c1-13-7-9-15(10-8-13)21-18-19-12-11-16(22-18)17(23)20-14-5-3-2-4-6-14/h2-12H,1H3,(H,20,23)(H,19,21,22). The molecule has 0 aliphatic rings. The largest absolute Gasteiger partial charge is 0.324 e. The van der Waals surface area contributed by atoms with Gasteiger partial charge in [0.05, 0.1) is 0 Å². The van der Waals surface area contributed by atoms with Crippen molar-refractivity contribution in [1.29, 1.82) is 0 Å². The Hall–Kier alpha value is -3.21. The second-order valence-corrected chi connectivity index (χ2v) is 5.08. The van der Waals surface area contributed by atoms with Crippen molar-refractivity contribution < 1.29 is 4.79 Å². The normalized spacial score (nSPS) is 10.1. The van der Waals surface area contributed by atoms with E-state index in [4.69, 9.17) is 0 Å². The summed E-state index contributed by atoms with van der Waals surface area (Å²) in [7, 11) is 0. The highest BCUT2D eigenvalue weighted by Crippen LogP contribution is 2.14. The fourth-order valence-electron chi connectivity index (χ4n) is 2.03. The van der Waals surface area contributed by atoms with E-state index in [1.807, 2.05) is 61.5 Å². The molecule has 3 rings (SSSR count). The Bertz CT molecular complexity index is 801. The molecule has 3 aromatic rings. The number of benzene rings is 2. The number of amides is 1. The van der Waals surface area contributed by atoms with Crippen LogP contribution in [-0.4, -0.2) is 15.9 Å². The number of carbonyl (C=O) groups is 1. The molecule has 1 amide bonds. The second kappa shape index (κ2) is 6.70. The topological polar surface area (TPSA) is 66.9 Å². The highest BCUT2D eigenvalue weighted by atomic mass is 16.1. The van der Waals surface area contributed by atoms with Crippen molar-refractivity contribution in [2.24, 2.45) is 0 Å². The summed E-state index contributed by atoms with van der Waals surface area (Å²) in [5, 5.41) is 5.89. The number of carbonyl (C=O) groups excluding carboxylic acids is 1. The van der Waals surface area contributed by atoms with Crippen LogP contribution in [0, 0.1) is 6.92 Å². The molecule has 1 aromatic heterocycles. The molecule has 0 spiro atoms. The Balaban J connectivity index is 1.74. The summed E-state index contributed by atoms with van der Waals surface area (Å²) in [5.74, 6) is 0.111. The molecule has 0 aliphatic carbocycles. The van der Waals surface area contributed by atoms with Crippen LogP contribution in [-0.2, 0) is 0 Å². The molecule has 0 aliphatic heterocycles. The molecule has 0 saturated carbocycles. The lowest BCUT2D eigenvalue weighted by atomic mass is 10.2. The molecular weight excluding hydrogens is 288 g/mol. The van der Waals surface area contributed by atoms with Crippen LogP contribution in [0.1, 0.15) is 16.1 Å². The van der Waals surface area contributed by atoms with E-state index < -0.39 is 0 Å². The van der Waals surface area contributed by atoms with Crippen LogP contribution in [0.25, 0.3) is 0 Å². The Morgan fingerprint density at radius 1 is 0.913 bits per heavy atom. The zero-order chi connectivity index (χ0) is 16.1. The van der Waals surface area contributed by atoms with Gasteiger partial charge >= 0.3 is 0 Å². The minimum atomic E-state index is -0.273. The Labute approximate surface area is 134 Å². The van der Waals surface area contributed by atoms with Crippen LogP contribution >= 0.6 is 0 Å². The minimum Gasteiger partial charge on any atom is -0.324 e. The zero-order valence-corrected chi connectivity index (χ0v) is 12.7. The van der Waals surface area contributed by atoms with Gasteiger partial charge < -0.3 is 10.6 Å². The number of para-hydroxylation sites is 1. The fraction of sp³-hybridized carbons (Fsp3) is 0.0556. The molecule has 0 unspecified atom stereocenters. The Morgan fingerprint density at radius 2 is 1.65 bits per heavy atom. The first-order chi connectivity index (χ1) is 11.2. The third-order valence-corrected chi connectivity index (χ3v) is 3.23. The van der Waals surface area contributed by atoms with Gasteiger partial charge in [0.25, 0.3) is 5.91 Å². The first-order valence-corrected chi connectivity index (χ1v) is 7.24. The summed E-state index contributed by atoms with van der Waals surface area (Å²) < 4.78 is 0. The van der Waals surface area contributed by atoms with Gasteiger partial charge in [-0.2, -0.15) is 0 Å². The molecule has 114 valence electrons. The molecule has 5 heteroatoms. The van der Waals surface area contributed by atoms with Crippen LogP contribution in [0.4, 0.5) is 17.3 Å². The van der Waals surface area contributed by atoms with Crippen LogP contribution in [0.15, 0.2) is 66.9 Å². The van der Waals surface area contributed by atoms with E-state index >= 15 is 0 Å². The monoisotopic (exact) mass is 304 g/mol. The van der Waals surface area contributed by atoms with Crippen molar-refractivity contribution in [2.75, 3.05) is 10.6 Å². The number of nitrogens with zero attached hydrogens (tertiary/aromatic N) is 2. The molecule has 23 heavy (non-hydrogen) atoms. The molecule has 0 bridgehead atoms. The van der Waals surface area contributed by atoms with Gasteiger partial charge in [0.2, 0.25) is 5.95 Å². The number of anilines is 3. The smallest absolute Gasteiger partial charge is 0.274 e. The van der Waals surface area contributed by atoms with Crippen LogP contribution in [0.2, 0.25) is 0 Å². The van der Waals surface area contributed by atoms with E-state index in [1.54, 1.807) is 12.3 Å². The fourth-order valence-corrected chi connectivity index (χ4v) is 2.03. The molecular formula is C18H16N4O. The van der Waals surface area contributed by atoms with Gasteiger partial charge in [0.1, 0.15) is 5.69 Å². The summed E-state index contributed by atoms with van der Waals surface area (Å²) >= 11 is 0. The van der Waals surface area contributed by atoms with Gasteiger partial charge in [0.15, 0.2) is 0 Å². The van der Waals surface area contributed by atoms with E-state index in [1.165, 1.54) is 5.56 Å². The maximum Gasteiger partial charge on any atom is 0.274 e. The van der Waals surface area contributed by atoms with Gasteiger partial charge in [-0.3, -0.25) is 4.79 Å². The van der Waals surface area contributed by atoms with Crippen LogP contribution in [0.3, 0.4) is 0 Å². The molecule has 0 fully saturated rings. The van der Waals surface area contributed by atoms with Crippen molar-refractivity contribution in [3.05, 3.63) is 78.1 Å². The molecule has 1 heterocycles. The van der Waals surface area contributed by atoms with E-state index in [9.17, 15) is 4.79 Å². The van der Waals surface area contributed by atoms with E-state index in [-0.39, 0.29) is 5.91 Å². The third-order valence-electron chi connectivity index (χ3n) is 3.23. The number of aryl methyl sites for hydroxylation is 1. The lowest BCUT2D eigenvalue weighted by Gasteiger charge is -2.07. The third kappa shape index (κ3) is 3.91. The average molecular weight is 304 g/mol. The summed E-state index contributed by atoms with van der Waals surface area (Å²) in [6.07, 6.45) is 1.56. The number of hydrogen-bond acceptors (Lipinski definition) is 4. The predicted octanol–water partition coefficient (Wildman–Crippen LogP) is 3.78. The van der Waals surface area contributed by atoms with Gasteiger partial charge in [-0.1, -0.05) is 35.9 Å². The van der Waals surface area contributed by atoms with Gasteiger partial charge in [-0.25, -0.2) is 9.97 Å². The van der Waals surface area contributed by atoms with E-state index in [2.05, 4.69) is 20.6 Å². The van der Waals surface area contributed by atoms with E-state index in [0.29, 0.717) is 11.6 Å². The average Bonchev–Trinajstić information content (AvgIpc) is 2.58. The summed E-state index contributed by atoms with van der Waals surface area (Å²) in [4.78, 5) is 20.6. The maximum atomic E-state index is 12.2. The number of nitrogens with one attached hydrogen (secondary N) is 2. The van der Waals surface area contributed by atoms with Crippen molar-refractivity contribution in [3.8, 4) is 0 Å².